The first kappa shape index (κ1) is 14.8. The van der Waals surface area contributed by atoms with E-state index in [0.29, 0.717) is 5.95 Å². The normalized spacial score (nSPS) is 14.9. The van der Waals surface area contributed by atoms with Gasteiger partial charge in [0.15, 0.2) is 0 Å². The number of rotatable bonds is 5. The predicted octanol–water partition coefficient (Wildman–Crippen LogP) is 2.80. The van der Waals surface area contributed by atoms with Crippen LogP contribution >= 0.6 is 0 Å². The third kappa shape index (κ3) is 3.54. The van der Waals surface area contributed by atoms with E-state index in [2.05, 4.69) is 45.3 Å². The fourth-order valence-electron chi connectivity index (χ4n) is 2.46. The van der Waals surface area contributed by atoms with Crippen LogP contribution in [0.15, 0.2) is 36.4 Å². The summed E-state index contributed by atoms with van der Waals surface area (Å²) in [7, 11) is 0. The van der Waals surface area contributed by atoms with E-state index in [-0.39, 0.29) is 0 Å². The summed E-state index contributed by atoms with van der Waals surface area (Å²) in [5.74, 6) is 1.67. The Morgan fingerprint density at radius 2 is 1.91 bits per heavy atom. The first-order valence-electron chi connectivity index (χ1n) is 7.88. The molecule has 5 heteroatoms. The van der Waals surface area contributed by atoms with Crippen molar-refractivity contribution in [3.8, 4) is 11.3 Å². The summed E-state index contributed by atoms with van der Waals surface area (Å²) < 4.78 is 5.43. The van der Waals surface area contributed by atoms with Crippen LogP contribution in [0.3, 0.4) is 0 Å². The summed E-state index contributed by atoms with van der Waals surface area (Å²) >= 11 is 0. The summed E-state index contributed by atoms with van der Waals surface area (Å²) in [6.45, 7) is 6.26. The number of ether oxygens (including phenoxy) is 1. The molecule has 116 valence electrons. The highest BCUT2D eigenvalue weighted by molar-refractivity contribution is 5.64. The SMILES string of the molecule is CCCNc1nc(-c2ccccc2)cc(N2CCOCC2)n1. The summed E-state index contributed by atoms with van der Waals surface area (Å²) in [5, 5.41) is 3.30. The fourth-order valence-corrected chi connectivity index (χ4v) is 2.46. The van der Waals surface area contributed by atoms with Crippen molar-refractivity contribution in [2.75, 3.05) is 43.1 Å². The second-order valence-corrected chi connectivity index (χ2v) is 5.33. The maximum absolute atomic E-state index is 5.43. The van der Waals surface area contributed by atoms with Crippen LogP contribution in [0.25, 0.3) is 11.3 Å². The van der Waals surface area contributed by atoms with Crippen molar-refractivity contribution in [3.63, 3.8) is 0 Å². The number of anilines is 2. The lowest BCUT2D eigenvalue weighted by Crippen LogP contribution is -2.37. The van der Waals surface area contributed by atoms with Crippen molar-refractivity contribution >= 4 is 11.8 Å². The van der Waals surface area contributed by atoms with Gasteiger partial charge < -0.3 is 15.0 Å². The van der Waals surface area contributed by atoms with Gasteiger partial charge in [-0.2, -0.15) is 4.98 Å². The van der Waals surface area contributed by atoms with Crippen LogP contribution in [0.5, 0.6) is 0 Å². The Hall–Kier alpha value is -2.14. The Kier molecular flexibility index (Phi) is 4.85. The molecule has 0 unspecified atom stereocenters. The van der Waals surface area contributed by atoms with Gasteiger partial charge in [-0.15, -0.1) is 0 Å². The van der Waals surface area contributed by atoms with E-state index < -0.39 is 0 Å². The minimum absolute atomic E-state index is 0.699. The van der Waals surface area contributed by atoms with Crippen molar-refractivity contribution in [2.45, 2.75) is 13.3 Å². The maximum Gasteiger partial charge on any atom is 0.225 e. The first-order valence-corrected chi connectivity index (χ1v) is 7.88. The van der Waals surface area contributed by atoms with Gasteiger partial charge in [-0.1, -0.05) is 37.3 Å². The Bertz CT molecular complexity index is 597. The lowest BCUT2D eigenvalue weighted by molar-refractivity contribution is 0.122. The lowest BCUT2D eigenvalue weighted by atomic mass is 10.1. The Morgan fingerprint density at radius 3 is 2.64 bits per heavy atom. The van der Waals surface area contributed by atoms with Gasteiger partial charge in [0, 0.05) is 31.3 Å². The third-order valence-electron chi connectivity index (χ3n) is 3.65. The van der Waals surface area contributed by atoms with Crippen LogP contribution in [-0.4, -0.2) is 42.8 Å². The number of aromatic nitrogens is 2. The van der Waals surface area contributed by atoms with Crippen LogP contribution in [0, 0.1) is 0 Å². The average molecular weight is 298 g/mol. The number of benzene rings is 1. The number of nitrogens with zero attached hydrogens (tertiary/aromatic N) is 3. The topological polar surface area (TPSA) is 50.3 Å². The highest BCUT2D eigenvalue weighted by atomic mass is 16.5. The Balaban J connectivity index is 1.94. The van der Waals surface area contributed by atoms with E-state index in [1.807, 2.05) is 18.2 Å². The monoisotopic (exact) mass is 298 g/mol. The number of hydrogen-bond donors (Lipinski definition) is 1. The number of hydrogen-bond acceptors (Lipinski definition) is 5. The molecule has 22 heavy (non-hydrogen) atoms. The minimum atomic E-state index is 0.699. The van der Waals surface area contributed by atoms with Gasteiger partial charge in [-0.05, 0) is 6.42 Å². The van der Waals surface area contributed by atoms with E-state index in [1.54, 1.807) is 0 Å². The van der Waals surface area contributed by atoms with Crippen LogP contribution in [0.1, 0.15) is 13.3 Å². The van der Waals surface area contributed by atoms with Gasteiger partial charge in [0.05, 0.1) is 18.9 Å². The highest BCUT2D eigenvalue weighted by Gasteiger charge is 2.15. The molecule has 1 aliphatic heterocycles. The van der Waals surface area contributed by atoms with E-state index in [1.165, 1.54) is 0 Å². The Labute approximate surface area is 131 Å². The second kappa shape index (κ2) is 7.22. The number of nitrogens with one attached hydrogen (secondary N) is 1. The van der Waals surface area contributed by atoms with E-state index in [4.69, 9.17) is 4.74 Å². The van der Waals surface area contributed by atoms with E-state index in [9.17, 15) is 0 Å². The number of morpholine rings is 1. The molecular formula is C17H22N4O. The molecule has 0 spiro atoms. The molecule has 1 N–H and O–H groups in total. The first-order chi connectivity index (χ1) is 10.9. The van der Waals surface area contributed by atoms with Gasteiger partial charge in [0.25, 0.3) is 0 Å². The molecule has 1 saturated heterocycles. The molecule has 0 saturated carbocycles. The molecule has 0 bridgehead atoms. The summed E-state index contributed by atoms with van der Waals surface area (Å²) in [6.07, 6.45) is 1.05. The molecule has 0 amide bonds. The Morgan fingerprint density at radius 1 is 1.14 bits per heavy atom. The van der Waals surface area contributed by atoms with Crippen LogP contribution in [-0.2, 0) is 4.74 Å². The maximum atomic E-state index is 5.43. The lowest BCUT2D eigenvalue weighted by Gasteiger charge is -2.28. The summed E-state index contributed by atoms with van der Waals surface area (Å²) in [4.78, 5) is 11.6. The van der Waals surface area contributed by atoms with Crippen LogP contribution in [0.2, 0.25) is 0 Å². The molecular weight excluding hydrogens is 276 g/mol. The van der Waals surface area contributed by atoms with Gasteiger partial charge in [-0.3, -0.25) is 0 Å². The van der Waals surface area contributed by atoms with Gasteiger partial charge in [-0.25, -0.2) is 4.98 Å². The van der Waals surface area contributed by atoms with Gasteiger partial charge in [0.1, 0.15) is 5.82 Å². The van der Waals surface area contributed by atoms with Crippen molar-refractivity contribution in [1.29, 1.82) is 0 Å². The molecule has 2 heterocycles. The largest absolute Gasteiger partial charge is 0.378 e. The zero-order chi connectivity index (χ0) is 15.2. The zero-order valence-corrected chi connectivity index (χ0v) is 13.0. The van der Waals surface area contributed by atoms with Crippen molar-refractivity contribution in [1.82, 2.24) is 9.97 Å². The molecule has 2 aromatic rings. The highest BCUT2D eigenvalue weighted by Crippen LogP contribution is 2.24. The van der Waals surface area contributed by atoms with Gasteiger partial charge in [0.2, 0.25) is 5.95 Å². The standard InChI is InChI=1S/C17H22N4O/c1-2-8-18-17-19-15(14-6-4-3-5-7-14)13-16(20-17)21-9-11-22-12-10-21/h3-7,13H,2,8-12H2,1H3,(H,18,19,20). The molecule has 1 aromatic heterocycles. The fraction of sp³-hybridized carbons (Fsp3) is 0.412. The van der Waals surface area contributed by atoms with Crippen LogP contribution < -0.4 is 10.2 Å². The summed E-state index contributed by atoms with van der Waals surface area (Å²) in [5.41, 5.74) is 2.06. The van der Waals surface area contributed by atoms with E-state index in [0.717, 1.165) is 56.3 Å². The van der Waals surface area contributed by atoms with Crippen molar-refractivity contribution < 1.29 is 4.74 Å². The molecule has 0 atom stereocenters. The van der Waals surface area contributed by atoms with E-state index >= 15 is 0 Å². The van der Waals surface area contributed by atoms with Crippen LogP contribution in [0.4, 0.5) is 11.8 Å². The second-order valence-electron chi connectivity index (χ2n) is 5.33. The van der Waals surface area contributed by atoms with Crippen molar-refractivity contribution in [3.05, 3.63) is 36.4 Å². The summed E-state index contributed by atoms with van der Waals surface area (Å²) in [6, 6.07) is 12.3. The molecule has 0 radical (unpaired) electrons. The smallest absolute Gasteiger partial charge is 0.225 e. The molecule has 1 aliphatic rings. The molecule has 0 aliphatic carbocycles. The molecule has 5 nitrogen and oxygen atoms in total. The quantitative estimate of drug-likeness (QED) is 0.920. The third-order valence-corrected chi connectivity index (χ3v) is 3.65. The predicted molar refractivity (Wildman–Crippen MR) is 89.3 cm³/mol. The molecule has 3 rings (SSSR count). The average Bonchev–Trinajstić information content (AvgIpc) is 2.61. The molecule has 1 fully saturated rings. The zero-order valence-electron chi connectivity index (χ0n) is 13.0. The van der Waals surface area contributed by atoms with Gasteiger partial charge >= 0.3 is 0 Å². The minimum Gasteiger partial charge on any atom is -0.378 e. The molecule has 1 aromatic carbocycles. The van der Waals surface area contributed by atoms with Crippen molar-refractivity contribution in [2.24, 2.45) is 0 Å².